The van der Waals surface area contributed by atoms with Crippen LogP contribution in [-0.4, -0.2) is 26.2 Å². The Morgan fingerprint density at radius 3 is 2.00 bits per heavy atom. The highest BCUT2D eigenvalue weighted by molar-refractivity contribution is 6.09. The average molecular weight is 777 g/mol. The van der Waals surface area contributed by atoms with E-state index >= 15 is 0 Å². The monoisotopic (exact) mass is 776 g/mol. The van der Waals surface area contributed by atoms with E-state index in [9.17, 15) is 0 Å². The molecule has 0 atom stereocenters. The summed E-state index contributed by atoms with van der Waals surface area (Å²) in [5.74, 6) is 2.41. The molecule has 5 heterocycles. The van der Waals surface area contributed by atoms with Crippen molar-refractivity contribution in [3.63, 3.8) is 0 Å². The van der Waals surface area contributed by atoms with Crippen LogP contribution in [0.15, 0.2) is 140 Å². The van der Waals surface area contributed by atoms with Crippen molar-refractivity contribution in [3.8, 4) is 28.6 Å². The van der Waals surface area contributed by atoms with Gasteiger partial charge in [0.15, 0.2) is 0 Å². The van der Waals surface area contributed by atoms with Gasteiger partial charge in [-0.15, -0.1) is 0 Å². The summed E-state index contributed by atoms with van der Waals surface area (Å²) in [7, 11) is 0. The number of pyridine rings is 3. The van der Waals surface area contributed by atoms with E-state index in [0.29, 0.717) is 6.67 Å². The largest absolute Gasteiger partial charge is 0.457 e. The highest BCUT2D eigenvalue weighted by atomic mass is 16.5. The van der Waals surface area contributed by atoms with Crippen molar-refractivity contribution in [2.45, 2.75) is 78.6 Å². The number of para-hydroxylation sites is 1. The summed E-state index contributed by atoms with van der Waals surface area (Å²) in [6.45, 7) is 21.1. The molecule has 0 saturated heterocycles. The SMILES string of the molecule is CC(C)(C)c1ccnc(-n2c3ccccc3c3ccc(Oc4cccc(N5CN(c6c(C(C)(C)C)cc(-c7ccccn7)cc6C(C)(C)C)c6cnccc65)c4)cc32)c1. The fourth-order valence-corrected chi connectivity index (χ4v) is 8.39. The second-order valence-corrected chi connectivity index (χ2v) is 18.8. The second-order valence-electron chi connectivity index (χ2n) is 18.8. The first-order valence-corrected chi connectivity index (χ1v) is 20.5. The third kappa shape index (κ3) is 6.98. The molecule has 8 aromatic rings. The Morgan fingerprint density at radius 1 is 0.542 bits per heavy atom. The highest BCUT2D eigenvalue weighted by Gasteiger charge is 2.36. The van der Waals surface area contributed by atoms with Crippen LogP contribution in [0.4, 0.5) is 22.7 Å². The zero-order valence-electron chi connectivity index (χ0n) is 35.6. The minimum atomic E-state index is -0.151. The van der Waals surface area contributed by atoms with Gasteiger partial charge in [-0.25, -0.2) is 4.98 Å². The molecule has 0 amide bonds. The van der Waals surface area contributed by atoms with E-state index in [1.807, 2.05) is 36.9 Å². The Kier molecular flexibility index (Phi) is 9.11. The van der Waals surface area contributed by atoms with Gasteiger partial charge < -0.3 is 14.5 Å². The summed E-state index contributed by atoms with van der Waals surface area (Å²) >= 11 is 0. The smallest absolute Gasteiger partial charge is 0.137 e. The van der Waals surface area contributed by atoms with Gasteiger partial charge in [-0.1, -0.05) is 92.6 Å². The van der Waals surface area contributed by atoms with Crippen LogP contribution in [0.3, 0.4) is 0 Å². The molecule has 1 aliphatic heterocycles. The number of ether oxygens (including phenoxy) is 1. The van der Waals surface area contributed by atoms with E-state index < -0.39 is 0 Å². The summed E-state index contributed by atoms with van der Waals surface area (Å²) in [6.07, 6.45) is 7.68. The van der Waals surface area contributed by atoms with Crippen molar-refractivity contribution in [2.24, 2.45) is 0 Å². The average Bonchev–Trinajstić information content (AvgIpc) is 3.76. The molecule has 59 heavy (non-hydrogen) atoms. The molecule has 0 aliphatic carbocycles. The summed E-state index contributed by atoms with van der Waals surface area (Å²) in [5.41, 5.74) is 12.2. The van der Waals surface area contributed by atoms with Crippen molar-refractivity contribution in [2.75, 3.05) is 16.5 Å². The van der Waals surface area contributed by atoms with E-state index in [-0.39, 0.29) is 16.2 Å². The molecular formula is C52H52N6O. The lowest BCUT2D eigenvalue weighted by Gasteiger charge is -2.35. The number of hydrogen-bond donors (Lipinski definition) is 0. The Morgan fingerprint density at radius 2 is 1.27 bits per heavy atom. The molecule has 4 aromatic heterocycles. The van der Waals surface area contributed by atoms with Crippen LogP contribution in [0.25, 0.3) is 38.9 Å². The van der Waals surface area contributed by atoms with E-state index in [0.717, 1.165) is 62.1 Å². The number of rotatable bonds is 6. The van der Waals surface area contributed by atoms with E-state index in [2.05, 4.69) is 185 Å². The maximum atomic E-state index is 6.74. The molecule has 1 aliphatic rings. The fraction of sp³-hybridized carbons (Fsp3) is 0.250. The maximum Gasteiger partial charge on any atom is 0.137 e. The van der Waals surface area contributed by atoms with E-state index in [1.54, 1.807) is 0 Å². The van der Waals surface area contributed by atoms with Gasteiger partial charge in [0.05, 0.1) is 40.0 Å². The molecule has 0 saturated carbocycles. The molecule has 4 aromatic carbocycles. The molecule has 9 rings (SSSR count). The van der Waals surface area contributed by atoms with Crippen LogP contribution >= 0.6 is 0 Å². The number of anilines is 4. The normalized spacial score (nSPS) is 13.4. The molecule has 0 N–H and O–H groups in total. The first-order valence-electron chi connectivity index (χ1n) is 20.5. The molecule has 296 valence electrons. The molecule has 7 heteroatoms. The Labute approximate surface area is 348 Å². The molecular weight excluding hydrogens is 725 g/mol. The molecule has 0 radical (unpaired) electrons. The Hall–Kier alpha value is -6.47. The van der Waals surface area contributed by atoms with Gasteiger partial charge in [0.25, 0.3) is 0 Å². The van der Waals surface area contributed by atoms with Crippen molar-refractivity contribution in [1.29, 1.82) is 0 Å². The van der Waals surface area contributed by atoms with Gasteiger partial charge in [0, 0.05) is 52.7 Å². The zero-order valence-corrected chi connectivity index (χ0v) is 35.6. The van der Waals surface area contributed by atoms with Crippen LogP contribution in [0.1, 0.15) is 79.0 Å². The number of hydrogen-bond acceptors (Lipinski definition) is 6. The minimum absolute atomic E-state index is 0.00634. The molecule has 0 unspecified atom stereocenters. The van der Waals surface area contributed by atoms with Gasteiger partial charge in [0.2, 0.25) is 0 Å². The van der Waals surface area contributed by atoms with E-state index in [4.69, 9.17) is 14.7 Å². The lowest BCUT2D eigenvalue weighted by molar-refractivity contribution is 0.483. The topological polar surface area (TPSA) is 59.3 Å². The summed E-state index contributed by atoms with van der Waals surface area (Å²) in [6, 6.07) is 40.6. The lowest BCUT2D eigenvalue weighted by Crippen LogP contribution is -2.30. The van der Waals surface area contributed by atoms with Crippen molar-refractivity contribution >= 4 is 44.6 Å². The van der Waals surface area contributed by atoms with Gasteiger partial charge in [-0.05, 0) is 106 Å². The van der Waals surface area contributed by atoms with Crippen LogP contribution in [0, 0.1) is 0 Å². The van der Waals surface area contributed by atoms with Crippen LogP contribution < -0.4 is 14.5 Å². The van der Waals surface area contributed by atoms with Crippen molar-refractivity contribution in [1.82, 2.24) is 19.5 Å². The third-order valence-electron chi connectivity index (χ3n) is 11.4. The predicted molar refractivity (Wildman–Crippen MR) is 244 cm³/mol. The fourth-order valence-electron chi connectivity index (χ4n) is 8.39. The van der Waals surface area contributed by atoms with Crippen LogP contribution in [0.5, 0.6) is 11.5 Å². The van der Waals surface area contributed by atoms with Crippen molar-refractivity contribution in [3.05, 3.63) is 157 Å². The summed E-state index contributed by atoms with van der Waals surface area (Å²) in [4.78, 5) is 19.1. The highest BCUT2D eigenvalue weighted by Crippen LogP contribution is 2.51. The first-order chi connectivity index (χ1) is 28.1. The lowest BCUT2D eigenvalue weighted by atomic mass is 9.77. The van der Waals surface area contributed by atoms with Gasteiger partial charge in [0.1, 0.15) is 24.0 Å². The van der Waals surface area contributed by atoms with Crippen molar-refractivity contribution < 1.29 is 4.74 Å². The molecule has 0 fully saturated rings. The number of aromatic nitrogens is 4. The zero-order chi connectivity index (χ0) is 41.3. The standard InChI is InChI=1S/C52H52N6O/c1-50(2,3)35-22-26-55-48(29-35)58-44-19-11-10-17-39(44)40-21-20-38(31-46(40)58)59-37-16-14-15-36(30-37)56-33-57(47-32-53-25-23-45(47)56)49-41(51(4,5)6)27-34(28-42(49)52(7,8)9)43-18-12-13-24-54-43/h10-32H,33H2,1-9H3. The Bertz CT molecular complexity index is 2820. The number of benzene rings is 4. The minimum Gasteiger partial charge on any atom is -0.457 e. The molecule has 0 bridgehead atoms. The quantitative estimate of drug-likeness (QED) is 0.168. The van der Waals surface area contributed by atoms with Crippen LogP contribution in [-0.2, 0) is 16.2 Å². The second kappa shape index (κ2) is 14.1. The third-order valence-corrected chi connectivity index (χ3v) is 11.4. The van der Waals surface area contributed by atoms with Crippen LogP contribution in [0.2, 0.25) is 0 Å². The number of fused-ring (bicyclic) bond motifs is 4. The predicted octanol–water partition coefficient (Wildman–Crippen LogP) is 13.6. The molecule has 7 nitrogen and oxygen atoms in total. The Balaban J connectivity index is 1.10. The van der Waals surface area contributed by atoms with E-state index in [1.165, 1.54) is 27.8 Å². The van der Waals surface area contributed by atoms with Gasteiger partial charge >= 0.3 is 0 Å². The number of nitrogens with zero attached hydrogens (tertiary/aromatic N) is 6. The first kappa shape index (κ1) is 38.1. The van der Waals surface area contributed by atoms with Gasteiger partial charge in [-0.2, -0.15) is 0 Å². The van der Waals surface area contributed by atoms with Gasteiger partial charge in [-0.3, -0.25) is 14.5 Å². The summed E-state index contributed by atoms with van der Waals surface area (Å²) in [5, 5.41) is 2.34. The molecule has 0 spiro atoms. The maximum absolute atomic E-state index is 6.74. The summed E-state index contributed by atoms with van der Waals surface area (Å²) < 4.78 is 9.00.